The van der Waals surface area contributed by atoms with Crippen LogP contribution < -0.4 is 15.6 Å². The first-order valence-electron chi connectivity index (χ1n) is 8.57. The van der Waals surface area contributed by atoms with E-state index in [2.05, 4.69) is 22.0 Å². The number of hydrogen-bond donors (Lipinski definition) is 3. The second-order valence-corrected chi connectivity index (χ2v) is 7.18. The minimum Gasteiger partial charge on any atom is -0.478 e. The van der Waals surface area contributed by atoms with Crippen molar-refractivity contribution in [3.63, 3.8) is 0 Å². The van der Waals surface area contributed by atoms with E-state index in [0.29, 0.717) is 16.6 Å². The second kappa shape index (κ2) is 7.32. The monoisotopic (exact) mass is 393 g/mol. The van der Waals surface area contributed by atoms with Crippen molar-refractivity contribution >= 4 is 23.4 Å². The van der Waals surface area contributed by atoms with Gasteiger partial charge in [-0.25, -0.2) is 4.79 Å². The molecule has 0 saturated heterocycles. The number of nitrogens with one attached hydrogen (secondary N) is 2. The summed E-state index contributed by atoms with van der Waals surface area (Å²) in [5, 5.41) is 17.7. The standard InChI is InChI=1S/C20H16N4O3S/c1-2-11-28-20-22-18(25)16-14-5-3-4-6-15(14)21-17(24(16)23-20)12-7-9-13(10-8-12)19(26)27/h2-10,17H,1,11H2,(H2,22,23,25,26,27)/p+1/t17-/m1/s1. The molecule has 1 aliphatic rings. The van der Waals surface area contributed by atoms with Crippen molar-refractivity contribution in [2.45, 2.75) is 11.3 Å². The van der Waals surface area contributed by atoms with E-state index in [-0.39, 0.29) is 11.1 Å². The number of thioether (sulfide) groups is 1. The van der Waals surface area contributed by atoms with Gasteiger partial charge in [0.2, 0.25) is 5.16 Å². The number of carboxylic acid groups (broad SMARTS) is 1. The van der Waals surface area contributed by atoms with Crippen LogP contribution in [0.2, 0.25) is 0 Å². The number of nitrogens with zero attached hydrogens (tertiary/aromatic N) is 2. The highest BCUT2D eigenvalue weighted by atomic mass is 32.2. The fraction of sp³-hybridized carbons (Fsp3) is 0.100. The van der Waals surface area contributed by atoms with Crippen LogP contribution in [0.3, 0.4) is 0 Å². The molecule has 8 heteroatoms. The van der Waals surface area contributed by atoms with Crippen LogP contribution in [0, 0.1) is 0 Å². The molecule has 2 heterocycles. The highest BCUT2D eigenvalue weighted by molar-refractivity contribution is 7.99. The molecule has 28 heavy (non-hydrogen) atoms. The Kier molecular flexibility index (Phi) is 4.70. The van der Waals surface area contributed by atoms with Crippen molar-refractivity contribution in [3.05, 3.63) is 82.7 Å². The van der Waals surface area contributed by atoms with E-state index in [1.54, 1.807) is 35.0 Å². The quantitative estimate of drug-likeness (QED) is 0.350. The number of hydrogen-bond acceptors (Lipinski definition) is 5. The maximum absolute atomic E-state index is 12.9. The van der Waals surface area contributed by atoms with Crippen LogP contribution in [0.25, 0.3) is 11.3 Å². The number of aromatic nitrogens is 3. The Hall–Kier alpha value is -3.39. The van der Waals surface area contributed by atoms with Gasteiger partial charge in [-0.3, -0.25) is 9.78 Å². The second-order valence-electron chi connectivity index (χ2n) is 6.17. The van der Waals surface area contributed by atoms with Gasteiger partial charge >= 0.3 is 17.2 Å². The molecule has 3 aromatic rings. The summed E-state index contributed by atoms with van der Waals surface area (Å²) in [6.07, 6.45) is 1.29. The Balaban J connectivity index is 1.88. The minimum absolute atomic E-state index is 0.200. The minimum atomic E-state index is -0.987. The Morgan fingerprint density at radius 2 is 2.00 bits per heavy atom. The predicted octanol–water partition coefficient (Wildman–Crippen LogP) is 2.67. The van der Waals surface area contributed by atoms with Gasteiger partial charge in [0, 0.05) is 16.4 Å². The highest BCUT2D eigenvalue weighted by Crippen LogP contribution is 2.31. The zero-order chi connectivity index (χ0) is 19.7. The summed E-state index contributed by atoms with van der Waals surface area (Å²) in [6, 6.07) is 14.1. The van der Waals surface area contributed by atoms with E-state index >= 15 is 0 Å². The van der Waals surface area contributed by atoms with Crippen molar-refractivity contribution in [1.82, 2.24) is 10.1 Å². The van der Waals surface area contributed by atoms with Crippen LogP contribution in [-0.4, -0.2) is 26.9 Å². The lowest BCUT2D eigenvalue weighted by molar-refractivity contribution is -0.759. The summed E-state index contributed by atoms with van der Waals surface area (Å²) < 4.78 is 1.66. The SMILES string of the molecule is C=CCSc1n[n+]2c(c(=O)[nH]1)-c1ccccc1N[C@H]2c1ccc(C(=O)O)cc1. The molecule has 0 amide bonds. The number of fused-ring (bicyclic) bond motifs is 3. The number of anilines is 1. The average molecular weight is 393 g/mol. The molecular formula is C20H17N4O3S+. The van der Waals surface area contributed by atoms with E-state index in [1.807, 2.05) is 24.3 Å². The first kappa shape index (κ1) is 18.0. The largest absolute Gasteiger partial charge is 0.478 e. The van der Waals surface area contributed by atoms with Crippen LogP contribution in [0.4, 0.5) is 5.69 Å². The normalized spacial score (nSPS) is 14.5. The third-order valence-corrected chi connectivity index (χ3v) is 5.25. The van der Waals surface area contributed by atoms with Gasteiger partial charge in [0.05, 0.1) is 16.8 Å². The van der Waals surface area contributed by atoms with E-state index < -0.39 is 12.1 Å². The smallest absolute Gasteiger partial charge is 0.335 e. The van der Waals surface area contributed by atoms with Gasteiger partial charge in [-0.1, -0.05) is 30.0 Å². The molecule has 0 aliphatic carbocycles. The third kappa shape index (κ3) is 3.18. The molecule has 7 nitrogen and oxygen atoms in total. The maximum Gasteiger partial charge on any atom is 0.335 e. The number of H-pyrrole nitrogens is 1. The summed E-state index contributed by atoms with van der Waals surface area (Å²) in [5.41, 5.74) is 2.78. The van der Waals surface area contributed by atoms with Crippen molar-refractivity contribution in [1.29, 1.82) is 0 Å². The number of carboxylic acids is 1. The lowest BCUT2D eigenvalue weighted by Gasteiger charge is -2.22. The lowest BCUT2D eigenvalue weighted by atomic mass is 10.0. The maximum atomic E-state index is 12.9. The molecule has 1 atom stereocenters. The molecule has 1 aliphatic heterocycles. The van der Waals surface area contributed by atoms with Gasteiger partial charge < -0.3 is 10.4 Å². The summed E-state index contributed by atoms with van der Waals surface area (Å²) in [6.45, 7) is 3.69. The van der Waals surface area contributed by atoms with Crippen LogP contribution in [0.5, 0.6) is 0 Å². The zero-order valence-corrected chi connectivity index (χ0v) is 15.6. The zero-order valence-electron chi connectivity index (χ0n) is 14.8. The van der Waals surface area contributed by atoms with E-state index in [0.717, 1.165) is 16.8 Å². The molecule has 0 fully saturated rings. The average Bonchev–Trinajstić information content (AvgIpc) is 2.71. The fourth-order valence-electron chi connectivity index (χ4n) is 3.13. The van der Waals surface area contributed by atoms with E-state index in [1.165, 1.54) is 11.8 Å². The lowest BCUT2D eigenvalue weighted by Crippen LogP contribution is -2.55. The topological polar surface area (TPSA) is 99.0 Å². The molecule has 2 aromatic carbocycles. The van der Waals surface area contributed by atoms with E-state index in [9.17, 15) is 9.59 Å². The molecular weight excluding hydrogens is 376 g/mol. The number of aromatic amines is 1. The van der Waals surface area contributed by atoms with Gasteiger partial charge in [-0.2, -0.15) is 0 Å². The summed E-state index contributed by atoms with van der Waals surface area (Å²) in [5.74, 6) is -0.371. The van der Waals surface area contributed by atoms with Gasteiger partial charge in [0.15, 0.2) is 0 Å². The van der Waals surface area contributed by atoms with Crippen molar-refractivity contribution in [2.75, 3.05) is 11.1 Å². The molecule has 0 spiro atoms. The summed E-state index contributed by atoms with van der Waals surface area (Å²) in [4.78, 5) is 26.8. The molecule has 1 aromatic heterocycles. The van der Waals surface area contributed by atoms with Gasteiger partial charge in [0.1, 0.15) is 0 Å². The fourth-order valence-corrected chi connectivity index (χ4v) is 3.71. The summed E-state index contributed by atoms with van der Waals surface area (Å²) in [7, 11) is 0. The van der Waals surface area contributed by atoms with Crippen molar-refractivity contribution < 1.29 is 14.6 Å². The Bertz CT molecular complexity index is 1130. The molecule has 4 rings (SSSR count). The number of aromatic carboxylic acids is 1. The van der Waals surface area contributed by atoms with Crippen LogP contribution in [-0.2, 0) is 0 Å². The predicted molar refractivity (Wildman–Crippen MR) is 107 cm³/mol. The third-order valence-electron chi connectivity index (χ3n) is 4.39. The summed E-state index contributed by atoms with van der Waals surface area (Å²) >= 11 is 1.38. The molecule has 0 bridgehead atoms. The molecule has 0 radical (unpaired) electrons. The molecule has 3 N–H and O–H groups in total. The van der Waals surface area contributed by atoms with Crippen molar-refractivity contribution in [2.24, 2.45) is 0 Å². The molecule has 140 valence electrons. The van der Waals surface area contributed by atoms with Gasteiger partial charge in [-0.05, 0) is 41.1 Å². The van der Waals surface area contributed by atoms with Crippen LogP contribution in [0.15, 0.2) is 71.1 Å². The first-order chi connectivity index (χ1) is 13.6. The number of benzene rings is 2. The Morgan fingerprint density at radius 1 is 1.25 bits per heavy atom. The van der Waals surface area contributed by atoms with Crippen molar-refractivity contribution in [3.8, 4) is 11.3 Å². The van der Waals surface area contributed by atoms with Gasteiger partial charge in [-0.15, -0.1) is 6.58 Å². The van der Waals surface area contributed by atoms with Crippen LogP contribution >= 0.6 is 11.8 Å². The Morgan fingerprint density at radius 3 is 2.71 bits per heavy atom. The van der Waals surface area contributed by atoms with Gasteiger partial charge in [0.25, 0.3) is 6.17 Å². The number of carbonyl (C=O) groups is 1. The molecule has 0 unspecified atom stereocenters. The molecule has 0 saturated carbocycles. The number of rotatable bonds is 5. The highest BCUT2D eigenvalue weighted by Gasteiger charge is 2.37. The van der Waals surface area contributed by atoms with E-state index in [4.69, 9.17) is 5.11 Å². The van der Waals surface area contributed by atoms with Crippen LogP contribution in [0.1, 0.15) is 22.1 Å². The Labute approximate surface area is 164 Å². The first-order valence-corrected chi connectivity index (χ1v) is 9.56. The number of para-hydroxylation sites is 1.